The number of hydrogen-bond acceptors (Lipinski definition) is 4. The molecule has 0 amide bonds. The van der Waals surface area contributed by atoms with Gasteiger partial charge < -0.3 is 0 Å². The number of rotatable bonds is 3. The molecule has 0 spiro atoms. The van der Waals surface area contributed by atoms with Crippen LogP contribution in [0.1, 0.15) is 17.4 Å². The number of carbonyl (C=O) groups excluding carboxylic acids is 1. The van der Waals surface area contributed by atoms with Gasteiger partial charge in [0.1, 0.15) is 5.69 Å². The van der Waals surface area contributed by atoms with E-state index in [0.717, 1.165) is 16.9 Å². The minimum absolute atomic E-state index is 0.0495. The van der Waals surface area contributed by atoms with E-state index in [9.17, 15) is 4.79 Å². The molecule has 0 aliphatic heterocycles. The molecule has 98 valence electrons. The van der Waals surface area contributed by atoms with Crippen LogP contribution in [-0.4, -0.2) is 25.5 Å². The van der Waals surface area contributed by atoms with Crippen molar-refractivity contribution in [3.63, 3.8) is 0 Å². The predicted molar refractivity (Wildman–Crippen MR) is 74.6 cm³/mol. The molecule has 0 saturated heterocycles. The van der Waals surface area contributed by atoms with Gasteiger partial charge in [-0.15, -0.1) is 0 Å². The zero-order chi connectivity index (χ0) is 13.9. The lowest BCUT2D eigenvalue weighted by atomic mass is 10.2. The van der Waals surface area contributed by atoms with E-state index >= 15 is 0 Å². The van der Waals surface area contributed by atoms with Crippen LogP contribution >= 0.6 is 0 Å². The van der Waals surface area contributed by atoms with Crippen molar-refractivity contribution >= 4 is 5.78 Å². The summed E-state index contributed by atoms with van der Waals surface area (Å²) in [6, 6.07) is 9.16. The Kier molecular flexibility index (Phi) is 3.09. The predicted octanol–water partition coefficient (Wildman–Crippen LogP) is 2.53. The van der Waals surface area contributed by atoms with Gasteiger partial charge in [0.05, 0.1) is 23.8 Å². The standard InChI is InChI=1S/C15H12N4O/c1-11(20)14-5-2-6-15(18-14)12-8-17-19(10-12)13-4-3-7-16-9-13/h2-10H,1H3. The topological polar surface area (TPSA) is 60.7 Å². The third-order valence-corrected chi connectivity index (χ3v) is 2.90. The van der Waals surface area contributed by atoms with Crippen LogP contribution in [0, 0.1) is 0 Å². The van der Waals surface area contributed by atoms with Crippen LogP contribution < -0.4 is 0 Å². The third-order valence-electron chi connectivity index (χ3n) is 2.90. The van der Waals surface area contributed by atoms with E-state index in [-0.39, 0.29) is 5.78 Å². The third kappa shape index (κ3) is 2.33. The van der Waals surface area contributed by atoms with Crippen LogP contribution in [0.25, 0.3) is 16.9 Å². The smallest absolute Gasteiger partial charge is 0.178 e. The van der Waals surface area contributed by atoms with Gasteiger partial charge in [0, 0.05) is 24.9 Å². The number of aromatic nitrogens is 4. The average molecular weight is 264 g/mol. The van der Waals surface area contributed by atoms with Crippen molar-refractivity contribution in [1.29, 1.82) is 0 Å². The zero-order valence-electron chi connectivity index (χ0n) is 10.9. The Labute approximate surface area is 115 Å². The highest BCUT2D eigenvalue weighted by Gasteiger charge is 2.07. The Morgan fingerprint density at radius 1 is 1.15 bits per heavy atom. The van der Waals surface area contributed by atoms with E-state index in [1.54, 1.807) is 29.3 Å². The lowest BCUT2D eigenvalue weighted by Crippen LogP contribution is -1.97. The maximum atomic E-state index is 11.4. The quantitative estimate of drug-likeness (QED) is 0.682. The fourth-order valence-corrected chi connectivity index (χ4v) is 1.88. The molecule has 3 aromatic rings. The molecule has 0 aliphatic carbocycles. The summed E-state index contributed by atoms with van der Waals surface area (Å²) >= 11 is 0. The largest absolute Gasteiger partial charge is 0.293 e. The molecule has 20 heavy (non-hydrogen) atoms. The monoisotopic (exact) mass is 264 g/mol. The van der Waals surface area contributed by atoms with E-state index in [1.165, 1.54) is 6.92 Å². The van der Waals surface area contributed by atoms with Gasteiger partial charge in [-0.25, -0.2) is 9.67 Å². The molecular formula is C15H12N4O. The highest BCUT2D eigenvalue weighted by molar-refractivity contribution is 5.92. The second kappa shape index (κ2) is 5.05. The van der Waals surface area contributed by atoms with Gasteiger partial charge in [-0.3, -0.25) is 9.78 Å². The molecule has 5 nitrogen and oxygen atoms in total. The van der Waals surface area contributed by atoms with Crippen molar-refractivity contribution in [2.75, 3.05) is 0 Å². The first-order valence-electron chi connectivity index (χ1n) is 6.17. The normalized spacial score (nSPS) is 10.4. The van der Waals surface area contributed by atoms with E-state index < -0.39 is 0 Å². The summed E-state index contributed by atoms with van der Waals surface area (Å²) in [5, 5.41) is 4.29. The Morgan fingerprint density at radius 3 is 2.80 bits per heavy atom. The number of carbonyl (C=O) groups is 1. The number of Topliss-reactive ketones (excluding diaryl/α,β-unsaturated/α-hetero) is 1. The van der Waals surface area contributed by atoms with E-state index in [2.05, 4.69) is 15.1 Å². The van der Waals surface area contributed by atoms with Gasteiger partial charge >= 0.3 is 0 Å². The summed E-state index contributed by atoms with van der Waals surface area (Å²) < 4.78 is 1.73. The first kappa shape index (κ1) is 12.2. The number of nitrogens with zero attached hydrogens (tertiary/aromatic N) is 4. The van der Waals surface area contributed by atoms with Gasteiger partial charge in [0.2, 0.25) is 0 Å². The fraction of sp³-hybridized carbons (Fsp3) is 0.0667. The van der Waals surface area contributed by atoms with Gasteiger partial charge in [-0.05, 0) is 24.3 Å². The molecule has 0 unspecified atom stereocenters. The molecule has 0 fully saturated rings. The van der Waals surface area contributed by atoms with Crippen molar-refractivity contribution in [1.82, 2.24) is 19.7 Å². The molecule has 0 saturated carbocycles. The zero-order valence-corrected chi connectivity index (χ0v) is 10.9. The maximum absolute atomic E-state index is 11.4. The van der Waals surface area contributed by atoms with Crippen LogP contribution in [0.2, 0.25) is 0 Å². The molecule has 3 heterocycles. The molecule has 0 aliphatic rings. The van der Waals surface area contributed by atoms with Crippen LogP contribution in [-0.2, 0) is 0 Å². The van der Waals surface area contributed by atoms with Gasteiger partial charge in [-0.2, -0.15) is 5.10 Å². The van der Waals surface area contributed by atoms with Crippen molar-refractivity contribution < 1.29 is 4.79 Å². The van der Waals surface area contributed by atoms with Gasteiger partial charge in [-0.1, -0.05) is 6.07 Å². The molecule has 0 N–H and O–H groups in total. The van der Waals surface area contributed by atoms with Gasteiger partial charge in [0.25, 0.3) is 0 Å². The lowest BCUT2D eigenvalue weighted by molar-refractivity contribution is 0.101. The van der Waals surface area contributed by atoms with Gasteiger partial charge in [0.15, 0.2) is 5.78 Å². The van der Waals surface area contributed by atoms with Crippen LogP contribution in [0.15, 0.2) is 55.1 Å². The lowest BCUT2D eigenvalue weighted by Gasteiger charge is -2.00. The Balaban J connectivity index is 1.98. The minimum atomic E-state index is -0.0495. The second-order valence-electron chi connectivity index (χ2n) is 4.35. The fourth-order valence-electron chi connectivity index (χ4n) is 1.88. The molecular weight excluding hydrogens is 252 g/mol. The summed E-state index contributed by atoms with van der Waals surface area (Å²) in [7, 11) is 0. The molecule has 0 aromatic carbocycles. The van der Waals surface area contributed by atoms with Crippen LogP contribution in [0.3, 0.4) is 0 Å². The van der Waals surface area contributed by atoms with Crippen molar-refractivity contribution in [3.05, 3.63) is 60.8 Å². The van der Waals surface area contributed by atoms with Crippen molar-refractivity contribution in [3.8, 4) is 16.9 Å². The Bertz CT molecular complexity index is 749. The SMILES string of the molecule is CC(=O)c1cccc(-c2cnn(-c3cccnc3)c2)n1. The highest BCUT2D eigenvalue weighted by Crippen LogP contribution is 2.18. The van der Waals surface area contributed by atoms with Crippen LogP contribution in [0.4, 0.5) is 0 Å². The molecule has 5 heteroatoms. The minimum Gasteiger partial charge on any atom is -0.293 e. The van der Waals surface area contributed by atoms with Crippen LogP contribution in [0.5, 0.6) is 0 Å². The summed E-state index contributed by atoms with van der Waals surface area (Å²) in [6.45, 7) is 1.51. The first-order valence-corrected chi connectivity index (χ1v) is 6.17. The summed E-state index contributed by atoms with van der Waals surface area (Å²) in [4.78, 5) is 19.8. The number of pyridine rings is 2. The number of ketones is 1. The van der Waals surface area contributed by atoms with E-state index in [1.807, 2.05) is 30.5 Å². The van der Waals surface area contributed by atoms with Crippen molar-refractivity contribution in [2.45, 2.75) is 6.92 Å². The van der Waals surface area contributed by atoms with Crippen molar-refractivity contribution in [2.24, 2.45) is 0 Å². The Hall–Kier alpha value is -2.82. The average Bonchev–Trinajstić information content (AvgIpc) is 2.98. The molecule has 0 atom stereocenters. The number of hydrogen-bond donors (Lipinski definition) is 0. The summed E-state index contributed by atoms with van der Waals surface area (Å²) in [6.07, 6.45) is 7.03. The molecule has 3 rings (SSSR count). The first-order chi connectivity index (χ1) is 9.74. The second-order valence-corrected chi connectivity index (χ2v) is 4.35. The molecule has 3 aromatic heterocycles. The maximum Gasteiger partial charge on any atom is 0.178 e. The summed E-state index contributed by atoms with van der Waals surface area (Å²) in [5.74, 6) is -0.0495. The molecule has 0 radical (unpaired) electrons. The van der Waals surface area contributed by atoms with E-state index in [4.69, 9.17) is 0 Å². The molecule has 0 bridgehead atoms. The van der Waals surface area contributed by atoms with E-state index in [0.29, 0.717) is 5.69 Å². The summed E-state index contributed by atoms with van der Waals surface area (Å²) in [5.41, 5.74) is 2.92. The highest BCUT2D eigenvalue weighted by atomic mass is 16.1. The Morgan fingerprint density at radius 2 is 2.05 bits per heavy atom.